The van der Waals surface area contributed by atoms with Gasteiger partial charge in [-0.2, -0.15) is 0 Å². The molecule has 0 saturated carbocycles. The Morgan fingerprint density at radius 3 is 2.72 bits per heavy atom. The van der Waals surface area contributed by atoms with Crippen LogP contribution < -0.4 is 10.5 Å². The fourth-order valence-electron chi connectivity index (χ4n) is 2.46. The third-order valence-corrected chi connectivity index (χ3v) is 3.50. The summed E-state index contributed by atoms with van der Waals surface area (Å²) in [5.74, 6) is 0.948. The van der Waals surface area contributed by atoms with Crippen molar-refractivity contribution in [3.05, 3.63) is 29.3 Å². The Balaban J connectivity index is 0.00000162. The number of halogens is 1. The Kier molecular flexibility index (Phi) is 5.93. The third kappa shape index (κ3) is 3.61. The smallest absolute Gasteiger partial charge is 0.119 e. The van der Waals surface area contributed by atoms with Crippen molar-refractivity contribution in [3.8, 4) is 5.75 Å². The minimum absolute atomic E-state index is 0. The van der Waals surface area contributed by atoms with E-state index in [-0.39, 0.29) is 12.4 Å². The van der Waals surface area contributed by atoms with Gasteiger partial charge in [0.1, 0.15) is 5.75 Å². The standard InChI is InChI=1S/C14H22N2O.ClH/c1-3-11-8-14(17-2)5-4-12(11)9-16-7-6-13(15)10-16;/h4-5,8,13H,3,6-7,9-10,15H2,1-2H3;1H/t13-;/m0./s1. The van der Waals surface area contributed by atoms with E-state index >= 15 is 0 Å². The van der Waals surface area contributed by atoms with Gasteiger partial charge < -0.3 is 10.5 Å². The van der Waals surface area contributed by atoms with Gasteiger partial charge in [-0.25, -0.2) is 0 Å². The monoisotopic (exact) mass is 270 g/mol. The van der Waals surface area contributed by atoms with Crippen molar-refractivity contribution in [1.29, 1.82) is 0 Å². The van der Waals surface area contributed by atoms with Crippen LogP contribution in [0.1, 0.15) is 24.5 Å². The van der Waals surface area contributed by atoms with E-state index in [9.17, 15) is 0 Å². The van der Waals surface area contributed by atoms with Crippen molar-refractivity contribution in [1.82, 2.24) is 4.90 Å². The molecule has 2 N–H and O–H groups in total. The molecule has 1 aliphatic rings. The summed E-state index contributed by atoms with van der Waals surface area (Å²) in [7, 11) is 1.72. The van der Waals surface area contributed by atoms with E-state index in [1.54, 1.807) is 7.11 Å². The van der Waals surface area contributed by atoms with Gasteiger partial charge >= 0.3 is 0 Å². The van der Waals surface area contributed by atoms with Crippen LogP contribution in [0.4, 0.5) is 0 Å². The van der Waals surface area contributed by atoms with Gasteiger partial charge in [-0.1, -0.05) is 13.0 Å². The summed E-state index contributed by atoms with van der Waals surface area (Å²) in [5, 5.41) is 0. The van der Waals surface area contributed by atoms with Crippen LogP contribution in [0.5, 0.6) is 5.75 Å². The zero-order valence-corrected chi connectivity index (χ0v) is 12.0. The maximum absolute atomic E-state index is 5.93. The van der Waals surface area contributed by atoms with E-state index in [1.807, 2.05) is 6.07 Å². The lowest BCUT2D eigenvalue weighted by atomic mass is 10.0. The normalized spacial score (nSPS) is 19.6. The summed E-state index contributed by atoms with van der Waals surface area (Å²) in [6, 6.07) is 6.73. The average Bonchev–Trinajstić information content (AvgIpc) is 2.75. The van der Waals surface area contributed by atoms with Gasteiger partial charge in [0.2, 0.25) is 0 Å². The lowest BCUT2D eigenvalue weighted by molar-refractivity contribution is 0.325. The highest BCUT2D eigenvalue weighted by Gasteiger charge is 2.19. The number of ether oxygens (including phenoxy) is 1. The molecule has 4 heteroatoms. The number of aryl methyl sites for hydroxylation is 1. The lowest BCUT2D eigenvalue weighted by Gasteiger charge is -2.18. The highest BCUT2D eigenvalue weighted by atomic mass is 35.5. The van der Waals surface area contributed by atoms with Crippen molar-refractivity contribution in [2.45, 2.75) is 32.4 Å². The first kappa shape index (κ1) is 15.3. The molecular formula is C14H23ClN2O. The molecule has 1 aliphatic heterocycles. The fourth-order valence-corrected chi connectivity index (χ4v) is 2.46. The number of hydrogen-bond donors (Lipinski definition) is 1. The maximum atomic E-state index is 5.93. The van der Waals surface area contributed by atoms with E-state index in [2.05, 4.69) is 24.0 Å². The van der Waals surface area contributed by atoms with Crippen LogP contribution in [0, 0.1) is 0 Å². The first-order valence-corrected chi connectivity index (χ1v) is 6.36. The number of likely N-dealkylation sites (tertiary alicyclic amines) is 1. The summed E-state index contributed by atoms with van der Waals surface area (Å²) in [6.45, 7) is 5.35. The molecule has 0 radical (unpaired) electrons. The Hall–Kier alpha value is -0.770. The molecule has 1 heterocycles. The second-order valence-electron chi connectivity index (χ2n) is 4.77. The predicted octanol–water partition coefficient (Wildman–Crippen LogP) is 2.21. The molecule has 0 spiro atoms. The first-order chi connectivity index (χ1) is 8.22. The summed E-state index contributed by atoms with van der Waals surface area (Å²) < 4.78 is 5.27. The van der Waals surface area contributed by atoms with Gasteiger partial charge in [0.25, 0.3) is 0 Å². The number of nitrogens with zero attached hydrogens (tertiary/aromatic N) is 1. The second-order valence-corrected chi connectivity index (χ2v) is 4.77. The predicted molar refractivity (Wildman–Crippen MR) is 77.5 cm³/mol. The van der Waals surface area contributed by atoms with Gasteiger partial charge in [-0.3, -0.25) is 4.90 Å². The minimum atomic E-state index is 0. The topological polar surface area (TPSA) is 38.5 Å². The molecule has 3 nitrogen and oxygen atoms in total. The zero-order valence-electron chi connectivity index (χ0n) is 11.2. The van der Waals surface area contributed by atoms with Gasteiger partial charge in [-0.15, -0.1) is 12.4 Å². The van der Waals surface area contributed by atoms with Crippen LogP contribution in [-0.2, 0) is 13.0 Å². The molecule has 0 aliphatic carbocycles. The van der Waals surface area contributed by atoms with Crippen LogP contribution in [0.15, 0.2) is 18.2 Å². The number of methoxy groups -OCH3 is 1. The molecule has 0 aromatic heterocycles. The van der Waals surface area contributed by atoms with Crippen LogP contribution in [-0.4, -0.2) is 31.1 Å². The van der Waals surface area contributed by atoms with E-state index in [1.165, 1.54) is 11.1 Å². The molecule has 0 bridgehead atoms. The Morgan fingerprint density at radius 2 is 2.17 bits per heavy atom. The minimum Gasteiger partial charge on any atom is -0.497 e. The molecule has 0 amide bonds. The maximum Gasteiger partial charge on any atom is 0.119 e. The third-order valence-electron chi connectivity index (χ3n) is 3.50. The Bertz CT molecular complexity index is 384. The summed E-state index contributed by atoms with van der Waals surface area (Å²) in [4.78, 5) is 2.44. The van der Waals surface area contributed by atoms with Crippen molar-refractivity contribution in [2.24, 2.45) is 5.73 Å². The molecule has 1 fully saturated rings. The van der Waals surface area contributed by atoms with Crippen LogP contribution >= 0.6 is 12.4 Å². The fraction of sp³-hybridized carbons (Fsp3) is 0.571. The number of benzene rings is 1. The number of nitrogens with two attached hydrogens (primary N) is 1. The van der Waals surface area contributed by atoms with Crippen molar-refractivity contribution >= 4 is 12.4 Å². The van der Waals surface area contributed by atoms with Crippen molar-refractivity contribution < 1.29 is 4.74 Å². The van der Waals surface area contributed by atoms with Gasteiger partial charge in [0.05, 0.1) is 7.11 Å². The van der Waals surface area contributed by atoms with Crippen LogP contribution in [0.2, 0.25) is 0 Å². The van der Waals surface area contributed by atoms with Crippen molar-refractivity contribution in [3.63, 3.8) is 0 Å². The van der Waals surface area contributed by atoms with Crippen LogP contribution in [0.25, 0.3) is 0 Å². The van der Waals surface area contributed by atoms with Crippen LogP contribution in [0.3, 0.4) is 0 Å². The van der Waals surface area contributed by atoms with E-state index < -0.39 is 0 Å². The molecule has 18 heavy (non-hydrogen) atoms. The number of rotatable bonds is 4. The highest BCUT2D eigenvalue weighted by Crippen LogP contribution is 2.21. The van der Waals surface area contributed by atoms with E-state index in [4.69, 9.17) is 10.5 Å². The molecule has 0 unspecified atom stereocenters. The molecule has 102 valence electrons. The quantitative estimate of drug-likeness (QED) is 0.912. The molecular weight excluding hydrogens is 248 g/mol. The largest absolute Gasteiger partial charge is 0.497 e. The molecule has 1 saturated heterocycles. The zero-order chi connectivity index (χ0) is 12.3. The Labute approximate surface area is 116 Å². The Morgan fingerprint density at radius 1 is 1.39 bits per heavy atom. The molecule has 1 aromatic carbocycles. The lowest BCUT2D eigenvalue weighted by Crippen LogP contribution is -2.26. The molecule has 2 rings (SSSR count). The molecule has 1 aromatic rings. The number of hydrogen-bond acceptors (Lipinski definition) is 3. The SMILES string of the molecule is CCc1cc(OC)ccc1CN1CC[C@H](N)C1.Cl. The van der Waals surface area contributed by atoms with Crippen molar-refractivity contribution in [2.75, 3.05) is 20.2 Å². The molecule has 1 atom stereocenters. The van der Waals surface area contributed by atoms with Gasteiger partial charge in [0.15, 0.2) is 0 Å². The van der Waals surface area contributed by atoms with E-state index in [0.717, 1.165) is 38.2 Å². The summed E-state index contributed by atoms with van der Waals surface area (Å²) in [5.41, 5.74) is 8.72. The van der Waals surface area contributed by atoms with Gasteiger partial charge in [0, 0.05) is 25.7 Å². The average molecular weight is 271 g/mol. The van der Waals surface area contributed by atoms with Gasteiger partial charge in [-0.05, 0) is 36.1 Å². The first-order valence-electron chi connectivity index (χ1n) is 6.36. The van der Waals surface area contributed by atoms with E-state index in [0.29, 0.717) is 6.04 Å². The summed E-state index contributed by atoms with van der Waals surface area (Å²) >= 11 is 0. The summed E-state index contributed by atoms with van der Waals surface area (Å²) in [6.07, 6.45) is 2.17. The highest BCUT2D eigenvalue weighted by molar-refractivity contribution is 5.85. The second kappa shape index (κ2) is 6.98.